The first-order chi connectivity index (χ1) is 21.1. The summed E-state index contributed by atoms with van der Waals surface area (Å²) in [5, 5.41) is 14.7. The first-order valence-electron chi connectivity index (χ1n) is 14.6. The van der Waals surface area contributed by atoms with Crippen molar-refractivity contribution < 1.29 is 28.6 Å². The van der Waals surface area contributed by atoms with Gasteiger partial charge in [-0.3, -0.25) is 5.32 Å². The van der Waals surface area contributed by atoms with Crippen molar-refractivity contribution >= 4 is 45.6 Å². The van der Waals surface area contributed by atoms with E-state index in [2.05, 4.69) is 16.4 Å². The second-order valence-corrected chi connectivity index (χ2v) is 11.6. The van der Waals surface area contributed by atoms with Crippen LogP contribution in [0.3, 0.4) is 0 Å². The highest BCUT2D eigenvalue weighted by Crippen LogP contribution is 2.28. The monoisotopic (exact) mass is 597 g/mol. The van der Waals surface area contributed by atoms with E-state index in [0.29, 0.717) is 35.4 Å². The van der Waals surface area contributed by atoms with Crippen molar-refractivity contribution in [3.8, 4) is 6.07 Å². The van der Waals surface area contributed by atoms with Crippen molar-refractivity contribution in [2.45, 2.75) is 58.7 Å². The van der Waals surface area contributed by atoms with Crippen LogP contribution in [0.2, 0.25) is 0 Å². The maximum Gasteiger partial charge on any atom is 0.411 e. The molecule has 44 heavy (non-hydrogen) atoms. The number of amides is 2. The van der Waals surface area contributed by atoms with Crippen molar-refractivity contribution in [2.24, 2.45) is 0 Å². The van der Waals surface area contributed by atoms with Gasteiger partial charge in [-0.05, 0) is 87.2 Å². The Morgan fingerprint density at radius 1 is 1.07 bits per heavy atom. The van der Waals surface area contributed by atoms with Gasteiger partial charge in [-0.15, -0.1) is 0 Å². The predicted molar refractivity (Wildman–Crippen MR) is 164 cm³/mol. The number of hydrogen-bond acceptors (Lipinski definition) is 8. The molecule has 1 saturated heterocycles. The second kappa shape index (κ2) is 12.6. The molecule has 5 rings (SSSR count). The summed E-state index contributed by atoms with van der Waals surface area (Å²) >= 11 is 0. The molecule has 1 atom stereocenters. The van der Waals surface area contributed by atoms with E-state index in [1.165, 1.54) is 0 Å². The number of nitrogens with one attached hydrogen (secondary N) is 1. The van der Waals surface area contributed by atoms with E-state index in [-0.39, 0.29) is 31.5 Å². The lowest BCUT2D eigenvalue weighted by Gasteiger charge is -2.28. The first kappa shape index (κ1) is 30.4. The largest absolute Gasteiger partial charge is 0.461 e. The number of esters is 1. The molecule has 4 aromatic rings. The van der Waals surface area contributed by atoms with E-state index in [9.17, 15) is 19.6 Å². The van der Waals surface area contributed by atoms with Gasteiger partial charge >= 0.3 is 18.2 Å². The average Bonchev–Trinajstić information content (AvgIpc) is 3.60. The van der Waals surface area contributed by atoms with Crippen LogP contribution in [0.15, 0.2) is 54.6 Å². The molecule has 1 aliphatic rings. The zero-order chi connectivity index (χ0) is 31.4. The van der Waals surface area contributed by atoms with Crippen LogP contribution in [0.5, 0.6) is 0 Å². The van der Waals surface area contributed by atoms with Gasteiger partial charge in [0.2, 0.25) is 0 Å². The van der Waals surface area contributed by atoms with Crippen LogP contribution in [0.1, 0.15) is 62.3 Å². The number of pyridine rings is 1. The van der Waals surface area contributed by atoms with Crippen molar-refractivity contribution in [1.82, 2.24) is 14.5 Å². The standard InChI is InChI=1S/C33H35N5O6/c1-5-42-30(39)28-17-22-12-13-24(18-34)35-29(22)38(28)19-23-16-25(15-21-9-6-7-11-27(21)23)36-31(40)43-20-26-10-8-14-37(26)32(41)44-33(2,3)4/h6-7,9,11-13,15-17,26H,5,8,10,14,19-20H2,1-4H3,(H,36,40)/t26-/m1/s1. The highest BCUT2D eigenvalue weighted by Gasteiger charge is 2.33. The number of anilines is 1. The second-order valence-electron chi connectivity index (χ2n) is 11.6. The SMILES string of the molecule is CCOC(=O)c1cc2ccc(C#N)nc2n1Cc1cc(NC(=O)OC[C@H]2CCCN2C(=O)OC(C)(C)C)cc2ccccc12. The number of ether oxygens (including phenoxy) is 3. The third-order valence-corrected chi connectivity index (χ3v) is 7.28. The summed E-state index contributed by atoms with van der Waals surface area (Å²) in [7, 11) is 0. The highest BCUT2D eigenvalue weighted by atomic mass is 16.6. The molecule has 0 radical (unpaired) electrons. The van der Waals surface area contributed by atoms with E-state index in [0.717, 1.165) is 22.8 Å². The summed E-state index contributed by atoms with van der Waals surface area (Å²) in [4.78, 5) is 44.6. The molecule has 1 fully saturated rings. The molecule has 2 amide bonds. The van der Waals surface area contributed by atoms with Crippen LogP contribution in [0, 0.1) is 11.3 Å². The third-order valence-electron chi connectivity index (χ3n) is 7.28. The van der Waals surface area contributed by atoms with E-state index in [1.54, 1.807) is 34.6 Å². The molecule has 3 heterocycles. The fourth-order valence-corrected chi connectivity index (χ4v) is 5.38. The molecule has 0 unspecified atom stereocenters. The maximum atomic E-state index is 12.9. The number of benzene rings is 2. The summed E-state index contributed by atoms with van der Waals surface area (Å²) in [5.74, 6) is -0.501. The molecule has 11 nitrogen and oxygen atoms in total. The number of carbonyl (C=O) groups is 3. The predicted octanol–water partition coefficient (Wildman–Crippen LogP) is 6.23. The minimum absolute atomic E-state index is 0.0384. The molecular formula is C33H35N5O6. The fourth-order valence-electron chi connectivity index (χ4n) is 5.38. The number of hydrogen-bond donors (Lipinski definition) is 1. The van der Waals surface area contributed by atoms with Gasteiger partial charge in [0.15, 0.2) is 0 Å². The van der Waals surface area contributed by atoms with Crippen molar-refractivity contribution in [3.05, 3.63) is 71.5 Å². The summed E-state index contributed by atoms with van der Waals surface area (Å²) < 4.78 is 18.1. The third kappa shape index (κ3) is 6.75. The lowest BCUT2D eigenvalue weighted by Crippen LogP contribution is -2.42. The van der Waals surface area contributed by atoms with Crippen molar-refractivity contribution in [2.75, 3.05) is 25.1 Å². The van der Waals surface area contributed by atoms with Gasteiger partial charge in [0.1, 0.15) is 35.3 Å². The van der Waals surface area contributed by atoms with Gasteiger partial charge in [-0.25, -0.2) is 19.4 Å². The summed E-state index contributed by atoms with van der Waals surface area (Å²) in [6, 6.07) is 18.2. The maximum absolute atomic E-state index is 12.9. The Morgan fingerprint density at radius 3 is 2.61 bits per heavy atom. The topological polar surface area (TPSA) is 136 Å². The Labute approximate surface area is 255 Å². The lowest BCUT2D eigenvalue weighted by atomic mass is 10.0. The Morgan fingerprint density at radius 2 is 1.86 bits per heavy atom. The average molecular weight is 598 g/mol. The Kier molecular flexibility index (Phi) is 8.71. The molecule has 1 aliphatic heterocycles. The number of fused-ring (bicyclic) bond motifs is 2. The zero-order valence-corrected chi connectivity index (χ0v) is 25.3. The zero-order valence-electron chi connectivity index (χ0n) is 25.3. The molecule has 2 aromatic heterocycles. The first-order valence-corrected chi connectivity index (χ1v) is 14.6. The van der Waals surface area contributed by atoms with E-state index in [1.807, 2.05) is 57.2 Å². The lowest BCUT2D eigenvalue weighted by molar-refractivity contribution is 0.0165. The van der Waals surface area contributed by atoms with Crippen LogP contribution < -0.4 is 5.32 Å². The van der Waals surface area contributed by atoms with Crippen LogP contribution in [-0.2, 0) is 20.8 Å². The Hall–Kier alpha value is -5.11. The molecule has 0 spiro atoms. The Balaban J connectivity index is 1.39. The van der Waals surface area contributed by atoms with Crippen LogP contribution in [0.4, 0.5) is 15.3 Å². The highest BCUT2D eigenvalue weighted by molar-refractivity contribution is 5.96. The molecule has 2 aromatic carbocycles. The van der Waals surface area contributed by atoms with Gasteiger partial charge < -0.3 is 23.7 Å². The van der Waals surface area contributed by atoms with E-state index >= 15 is 0 Å². The number of nitrogens with zero attached hydrogens (tertiary/aromatic N) is 4. The summed E-state index contributed by atoms with van der Waals surface area (Å²) in [6.07, 6.45) is 0.442. The summed E-state index contributed by atoms with van der Waals surface area (Å²) in [6.45, 7) is 8.19. The van der Waals surface area contributed by atoms with Gasteiger partial charge in [0.05, 0.1) is 19.2 Å². The minimum Gasteiger partial charge on any atom is -0.461 e. The van der Waals surface area contributed by atoms with E-state index < -0.39 is 23.8 Å². The van der Waals surface area contributed by atoms with Crippen LogP contribution >= 0.6 is 0 Å². The van der Waals surface area contributed by atoms with Crippen LogP contribution in [0.25, 0.3) is 21.8 Å². The number of likely N-dealkylation sites (tertiary alicyclic amines) is 1. The van der Waals surface area contributed by atoms with Crippen molar-refractivity contribution in [1.29, 1.82) is 5.26 Å². The molecular weight excluding hydrogens is 562 g/mol. The normalized spacial score (nSPS) is 14.8. The smallest absolute Gasteiger partial charge is 0.411 e. The molecule has 0 saturated carbocycles. The fraction of sp³-hybridized carbons (Fsp3) is 0.364. The molecule has 1 N–H and O–H groups in total. The number of carbonyl (C=O) groups excluding carboxylic acids is 3. The van der Waals surface area contributed by atoms with Crippen LogP contribution in [-0.4, -0.2) is 64.0 Å². The minimum atomic E-state index is -0.652. The molecule has 0 bridgehead atoms. The summed E-state index contributed by atoms with van der Waals surface area (Å²) in [5.41, 5.74) is 1.69. The van der Waals surface area contributed by atoms with E-state index in [4.69, 9.17) is 14.2 Å². The number of nitriles is 1. The molecule has 11 heteroatoms. The van der Waals surface area contributed by atoms with Gasteiger partial charge in [0.25, 0.3) is 0 Å². The molecule has 0 aliphatic carbocycles. The van der Waals surface area contributed by atoms with Gasteiger partial charge in [-0.2, -0.15) is 5.26 Å². The quantitative estimate of drug-likeness (QED) is 0.196. The molecule has 228 valence electrons. The van der Waals surface area contributed by atoms with Crippen molar-refractivity contribution in [3.63, 3.8) is 0 Å². The van der Waals surface area contributed by atoms with Gasteiger partial charge in [0, 0.05) is 17.6 Å². The number of aromatic nitrogens is 2. The Bertz CT molecular complexity index is 1770. The van der Waals surface area contributed by atoms with Gasteiger partial charge in [-0.1, -0.05) is 24.3 Å². The number of rotatable bonds is 7.